The van der Waals surface area contributed by atoms with Gasteiger partial charge in [-0.3, -0.25) is 4.79 Å². The average Bonchev–Trinajstić information content (AvgIpc) is 3.10. The summed E-state index contributed by atoms with van der Waals surface area (Å²) in [5, 5.41) is 2.82. The van der Waals surface area contributed by atoms with Gasteiger partial charge in [0.15, 0.2) is 0 Å². The predicted octanol–water partition coefficient (Wildman–Crippen LogP) is 3.63. The second-order valence-corrected chi connectivity index (χ2v) is 8.91. The minimum absolute atomic E-state index is 0.0273. The standard InChI is InChI=1S/C18H19BrN2O3S/c19-16-4-3-5-17(12-16)20-18(22)15-8-6-14(7-9-15)13-25(23,24)21-10-1-2-11-21/h3-9,12H,1-2,10-11,13H2,(H,20,22). The molecule has 1 fully saturated rings. The Morgan fingerprint density at radius 1 is 1.08 bits per heavy atom. The molecule has 132 valence electrons. The van der Waals surface area contributed by atoms with Gasteiger partial charge in [0.1, 0.15) is 0 Å². The third-order valence-electron chi connectivity index (χ3n) is 4.11. The molecular formula is C18H19BrN2O3S. The van der Waals surface area contributed by atoms with E-state index in [1.807, 2.05) is 18.2 Å². The lowest BCUT2D eigenvalue weighted by atomic mass is 10.1. The third kappa shape index (κ3) is 4.68. The molecule has 1 aliphatic rings. The third-order valence-corrected chi connectivity index (χ3v) is 6.45. The summed E-state index contributed by atoms with van der Waals surface area (Å²) >= 11 is 3.36. The van der Waals surface area contributed by atoms with Gasteiger partial charge in [-0.05, 0) is 48.7 Å². The monoisotopic (exact) mass is 422 g/mol. The Labute approximate surface area is 156 Å². The van der Waals surface area contributed by atoms with Gasteiger partial charge in [-0.25, -0.2) is 12.7 Å². The summed E-state index contributed by atoms with van der Waals surface area (Å²) in [5.41, 5.74) is 1.87. The molecular weight excluding hydrogens is 404 g/mol. The summed E-state index contributed by atoms with van der Waals surface area (Å²) in [4.78, 5) is 12.3. The van der Waals surface area contributed by atoms with E-state index in [-0.39, 0.29) is 11.7 Å². The van der Waals surface area contributed by atoms with Crippen LogP contribution in [0.3, 0.4) is 0 Å². The van der Waals surface area contributed by atoms with Gasteiger partial charge < -0.3 is 5.32 Å². The Morgan fingerprint density at radius 3 is 2.40 bits per heavy atom. The van der Waals surface area contributed by atoms with Crippen LogP contribution in [0.5, 0.6) is 0 Å². The topological polar surface area (TPSA) is 66.5 Å². The molecule has 1 heterocycles. The van der Waals surface area contributed by atoms with Crippen molar-refractivity contribution < 1.29 is 13.2 Å². The summed E-state index contributed by atoms with van der Waals surface area (Å²) in [6.45, 7) is 1.21. The Hall–Kier alpha value is -1.70. The lowest BCUT2D eigenvalue weighted by Gasteiger charge is -2.15. The molecule has 0 unspecified atom stereocenters. The van der Waals surface area contributed by atoms with Crippen LogP contribution in [0.25, 0.3) is 0 Å². The minimum Gasteiger partial charge on any atom is -0.322 e. The first-order valence-corrected chi connectivity index (χ1v) is 10.5. The number of hydrogen-bond donors (Lipinski definition) is 1. The van der Waals surface area contributed by atoms with Crippen molar-refractivity contribution in [1.82, 2.24) is 4.31 Å². The second-order valence-electron chi connectivity index (χ2n) is 6.02. The molecule has 0 bridgehead atoms. The normalized spacial score (nSPS) is 15.2. The van der Waals surface area contributed by atoms with Gasteiger partial charge in [-0.2, -0.15) is 0 Å². The fraction of sp³-hybridized carbons (Fsp3) is 0.278. The van der Waals surface area contributed by atoms with Gasteiger partial charge in [0, 0.05) is 28.8 Å². The number of sulfonamides is 1. The van der Waals surface area contributed by atoms with Crippen LogP contribution in [0.1, 0.15) is 28.8 Å². The molecule has 7 heteroatoms. The summed E-state index contributed by atoms with van der Waals surface area (Å²) < 4.78 is 27.1. The molecule has 1 amide bonds. The summed E-state index contributed by atoms with van der Waals surface area (Å²) in [6, 6.07) is 14.0. The predicted molar refractivity (Wildman–Crippen MR) is 102 cm³/mol. The molecule has 0 spiro atoms. The number of carbonyl (C=O) groups is 1. The number of benzene rings is 2. The van der Waals surface area contributed by atoms with E-state index in [1.165, 1.54) is 0 Å². The van der Waals surface area contributed by atoms with Crippen LogP contribution in [-0.4, -0.2) is 31.7 Å². The number of carbonyl (C=O) groups excluding carboxylic acids is 1. The maximum Gasteiger partial charge on any atom is 0.255 e. The number of amides is 1. The van der Waals surface area contributed by atoms with Gasteiger partial charge in [0.25, 0.3) is 5.91 Å². The van der Waals surface area contributed by atoms with Gasteiger partial charge in [-0.1, -0.05) is 34.1 Å². The zero-order valence-electron chi connectivity index (χ0n) is 13.6. The van der Waals surface area contributed by atoms with E-state index >= 15 is 0 Å². The van der Waals surface area contributed by atoms with E-state index in [4.69, 9.17) is 0 Å². The highest BCUT2D eigenvalue weighted by Crippen LogP contribution is 2.19. The highest BCUT2D eigenvalue weighted by Gasteiger charge is 2.25. The minimum atomic E-state index is -3.27. The molecule has 0 aromatic heterocycles. The number of nitrogens with one attached hydrogen (secondary N) is 1. The van der Waals surface area contributed by atoms with Crippen LogP contribution in [0.2, 0.25) is 0 Å². The maximum absolute atomic E-state index is 12.3. The molecule has 5 nitrogen and oxygen atoms in total. The molecule has 2 aromatic rings. The Kier molecular flexibility index (Phi) is 5.56. The maximum atomic E-state index is 12.3. The molecule has 0 saturated carbocycles. The average molecular weight is 423 g/mol. The van der Waals surface area contributed by atoms with E-state index in [0.29, 0.717) is 29.9 Å². The van der Waals surface area contributed by atoms with Crippen LogP contribution in [0.4, 0.5) is 5.69 Å². The molecule has 0 atom stereocenters. The van der Waals surface area contributed by atoms with Crippen LogP contribution >= 0.6 is 15.9 Å². The van der Waals surface area contributed by atoms with Crippen LogP contribution in [-0.2, 0) is 15.8 Å². The van der Waals surface area contributed by atoms with E-state index in [1.54, 1.807) is 34.6 Å². The highest BCUT2D eigenvalue weighted by molar-refractivity contribution is 9.10. The summed E-state index contributed by atoms with van der Waals surface area (Å²) in [5.74, 6) is -0.257. The smallest absolute Gasteiger partial charge is 0.255 e. The lowest BCUT2D eigenvalue weighted by molar-refractivity contribution is 0.102. The van der Waals surface area contributed by atoms with Crippen LogP contribution in [0.15, 0.2) is 53.0 Å². The zero-order valence-corrected chi connectivity index (χ0v) is 16.0. The van der Waals surface area contributed by atoms with E-state index < -0.39 is 10.0 Å². The summed E-state index contributed by atoms with van der Waals surface area (Å²) in [7, 11) is -3.27. The van der Waals surface area contributed by atoms with Crippen molar-refractivity contribution in [2.75, 3.05) is 18.4 Å². The SMILES string of the molecule is O=C(Nc1cccc(Br)c1)c1ccc(CS(=O)(=O)N2CCCC2)cc1. The molecule has 1 saturated heterocycles. The molecule has 0 radical (unpaired) electrons. The number of hydrogen-bond acceptors (Lipinski definition) is 3. The fourth-order valence-corrected chi connectivity index (χ4v) is 4.80. The Balaban J connectivity index is 1.66. The van der Waals surface area contributed by atoms with Crippen LogP contribution in [0, 0.1) is 0 Å². The summed E-state index contributed by atoms with van der Waals surface area (Å²) in [6.07, 6.45) is 1.85. The van der Waals surface area contributed by atoms with Crippen molar-refractivity contribution in [3.8, 4) is 0 Å². The molecule has 25 heavy (non-hydrogen) atoms. The van der Waals surface area contributed by atoms with E-state index in [0.717, 1.165) is 17.3 Å². The Morgan fingerprint density at radius 2 is 1.76 bits per heavy atom. The first kappa shape index (κ1) is 18.1. The van der Waals surface area contributed by atoms with Gasteiger partial charge >= 0.3 is 0 Å². The van der Waals surface area contributed by atoms with Crippen molar-refractivity contribution in [3.63, 3.8) is 0 Å². The zero-order chi connectivity index (χ0) is 17.9. The van der Waals surface area contributed by atoms with Crippen molar-refractivity contribution in [2.45, 2.75) is 18.6 Å². The van der Waals surface area contributed by atoms with E-state index in [9.17, 15) is 13.2 Å². The van der Waals surface area contributed by atoms with Crippen molar-refractivity contribution >= 4 is 37.5 Å². The first-order valence-electron chi connectivity index (χ1n) is 8.08. The van der Waals surface area contributed by atoms with E-state index in [2.05, 4.69) is 21.2 Å². The number of rotatable bonds is 5. The lowest BCUT2D eigenvalue weighted by Crippen LogP contribution is -2.29. The van der Waals surface area contributed by atoms with Crippen molar-refractivity contribution in [1.29, 1.82) is 0 Å². The van der Waals surface area contributed by atoms with Gasteiger partial charge in [-0.15, -0.1) is 0 Å². The molecule has 3 rings (SSSR count). The second kappa shape index (κ2) is 7.68. The number of anilines is 1. The largest absolute Gasteiger partial charge is 0.322 e. The Bertz CT molecular complexity index is 860. The number of halogens is 1. The number of nitrogens with zero attached hydrogens (tertiary/aromatic N) is 1. The molecule has 0 aliphatic carbocycles. The van der Waals surface area contributed by atoms with Gasteiger partial charge in [0.2, 0.25) is 10.0 Å². The fourth-order valence-electron chi connectivity index (χ4n) is 2.79. The molecule has 1 aliphatic heterocycles. The molecule has 2 aromatic carbocycles. The molecule has 1 N–H and O–H groups in total. The highest BCUT2D eigenvalue weighted by atomic mass is 79.9. The van der Waals surface area contributed by atoms with Crippen molar-refractivity contribution in [3.05, 3.63) is 64.1 Å². The van der Waals surface area contributed by atoms with Crippen molar-refractivity contribution in [2.24, 2.45) is 0 Å². The quantitative estimate of drug-likeness (QED) is 0.799. The first-order chi connectivity index (χ1) is 11.9. The van der Waals surface area contributed by atoms with Gasteiger partial charge in [0.05, 0.1) is 5.75 Å². The van der Waals surface area contributed by atoms with Crippen LogP contribution < -0.4 is 5.32 Å².